The molecule has 0 aliphatic rings. The number of carbonyl (C=O) groups is 1. The van der Waals surface area contributed by atoms with Gasteiger partial charge in [-0.25, -0.2) is 0 Å². The Kier molecular flexibility index (Phi) is 7.39. The lowest BCUT2D eigenvalue weighted by molar-refractivity contribution is 0.106. The molecule has 0 saturated heterocycles. The summed E-state index contributed by atoms with van der Waals surface area (Å²) >= 11 is 0. The molecule has 0 amide bonds. The van der Waals surface area contributed by atoms with Crippen LogP contribution in [0.2, 0.25) is 0 Å². The molecule has 5 aromatic carbocycles. The molecule has 0 N–H and O–H groups in total. The second-order valence-corrected chi connectivity index (χ2v) is 8.35. The van der Waals surface area contributed by atoms with Crippen LogP contribution in [0.3, 0.4) is 0 Å². The summed E-state index contributed by atoms with van der Waals surface area (Å²) in [5.74, 6) is -0.166. The first kappa shape index (κ1) is 23.6. The zero-order valence-corrected chi connectivity index (χ0v) is 20.2. The topological polar surface area (TPSA) is 45.0 Å². The van der Waals surface area contributed by atoms with Crippen LogP contribution in [0.5, 0.6) is 0 Å². The van der Waals surface area contributed by atoms with Gasteiger partial charge in [-0.3, -0.25) is 4.79 Å². The van der Waals surface area contributed by atoms with Crippen molar-refractivity contribution in [1.82, 2.24) is 0 Å². The van der Waals surface area contributed by atoms with Crippen LogP contribution < -0.4 is 4.90 Å². The van der Waals surface area contributed by atoms with E-state index in [2.05, 4.69) is 51.5 Å². The van der Waals surface area contributed by atoms with Crippen LogP contribution in [0.25, 0.3) is 0 Å². The number of nitrogens with zero attached hydrogens (tertiary/aromatic N) is 3. The van der Waals surface area contributed by atoms with E-state index in [0.29, 0.717) is 11.3 Å². The minimum atomic E-state index is -0.166. The van der Waals surface area contributed by atoms with Crippen LogP contribution in [-0.4, -0.2) is 17.7 Å². The van der Waals surface area contributed by atoms with Gasteiger partial charge >= 0.3 is 0 Å². The maximum atomic E-state index is 13.2. The van der Waals surface area contributed by atoms with Crippen LogP contribution in [0.1, 0.15) is 21.5 Å². The molecule has 0 bridgehead atoms. The standard InChI is InChI=1S/C33H25N3O/c37-33(28-15-7-2-8-16-28)32(27-13-5-1-6-14-27)35-34-25-26-21-23-31(24-22-26)36(29-17-9-3-10-18-29)30-19-11-4-12-20-30/h1-25H. The molecule has 5 rings (SSSR count). The van der Waals surface area contributed by atoms with Crippen molar-refractivity contribution in [3.8, 4) is 0 Å². The summed E-state index contributed by atoms with van der Waals surface area (Å²) < 4.78 is 0. The van der Waals surface area contributed by atoms with Gasteiger partial charge in [0.1, 0.15) is 5.71 Å². The third kappa shape index (κ3) is 5.77. The molecule has 37 heavy (non-hydrogen) atoms. The quantitative estimate of drug-likeness (QED) is 0.129. The maximum absolute atomic E-state index is 13.2. The minimum Gasteiger partial charge on any atom is -0.311 e. The fourth-order valence-electron chi connectivity index (χ4n) is 4.02. The number of carbonyl (C=O) groups excluding carboxylic acids is 1. The predicted molar refractivity (Wildman–Crippen MR) is 152 cm³/mol. The average molecular weight is 480 g/mol. The molecule has 0 atom stereocenters. The van der Waals surface area contributed by atoms with Crippen molar-refractivity contribution in [1.29, 1.82) is 0 Å². The first-order chi connectivity index (χ1) is 18.3. The monoisotopic (exact) mass is 479 g/mol. The van der Waals surface area contributed by atoms with Crippen molar-refractivity contribution in [2.45, 2.75) is 0 Å². The van der Waals surface area contributed by atoms with Gasteiger partial charge in [0.25, 0.3) is 0 Å². The number of rotatable bonds is 8. The van der Waals surface area contributed by atoms with Gasteiger partial charge in [0.15, 0.2) is 0 Å². The van der Waals surface area contributed by atoms with Crippen LogP contribution in [-0.2, 0) is 0 Å². The molecule has 0 heterocycles. The molecule has 0 radical (unpaired) electrons. The van der Waals surface area contributed by atoms with Gasteiger partial charge in [-0.1, -0.05) is 109 Å². The number of benzene rings is 5. The van der Waals surface area contributed by atoms with E-state index in [4.69, 9.17) is 0 Å². The Hall–Kier alpha value is -5.09. The fraction of sp³-hybridized carbons (Fsp3) is 0. The number of hydrogen-bond donors (Lipinski definition) is 0. The summed E-state index contributed by atoms with van der Waals surface area (Å²) in [5, 5.41) is 8.63. The molecular formula is C33H25N3O. The molecule has 0 unspecified atom stereocenters. The van der Waals surface area contributed by atoms with Gasteiger partial charge in [-0.2, -0.15) is 5.10 Å². The van der Waals surface area contributed by atoms with E-state index < -0.39 is 0 Å². The smallest absolute Gasteiger partial charge is 0.213 e. The van der Waals surface area contributed by atoms with Gasteiger partial charge in [0.2, 0.25) is 5.78 Å². The highest BCUT2D eigenvalue weighted by Gasteiger charge is 2.16. The molecule has 0 aliphatic heterocycles. The Morgan fingerprint density at radius 3 is 1.46 bits per heavy atom. The summed E-state index contributed by atoms with van der Waals surface area (Å²) in [6.07, 6.45) is 1.67. The molecule has 0 aromatic heterocycles. The summed E-state index contributed by atoms with van der Waals surface area (Å²) in [5.41, 5.74) is 5.67. The second kappa shape index (κ2) is 11.6. The zero-order chi connectivity index (χ0) is 25.3. The van der Waals surface area contributed by atoms with E-state index in [1.165, 1.54) is 0 Å². The Morgan fingerprint density at radius 1 is 0.514 bits per heavy atom. The number of anilines is 3. The zero-order valence-electron chi connectivity index (χ0n) is 20.2. The van der Waals surface area contributed by atoms with Crippen molar-refractivity contribution in [3.05, 3.63) is 162 Å². The SMILES string of the molecule is O=C(C(=NN=Cc1ccc(N(c2ccccc2)c2ccccc2)cc1)c1ccccc1)c1ccccc1. The number of para-hydroxylation sites is 2. The second-order valence-electron chi connectivity index (χ2n) is 8.35. The molecule has 4 nitrogen and oxygen atoms in total. The van der Waals surface area contributed by atoms with E-state index in [9.17, 15) is 4.79 Å². The van der Waals surface area contributed by atoms with Crippen LogP contribution in [0, 0.1) is 0 Å². The Balaban J connectivity index is 1.42. The summed E-state index contributed by atoms with van der Waals surface area (Å²) in [6, 6.07) is 47.2. The molecular weight excluding hydrogens is 454 g/mol. The van der Waals surface area contributed by atoms with Crippen molar-refractivity contribution < 1.29 is 4.79 Å². The molecule has 178 valence electrons. The highest BCUT2D eigenvalue weighted by atomic mass is 16.1. The summed E-state index contributed by atoms with van der Waals surface area (Å²) in [6.45, 7) is 0. The normalized spacial score (nSPS) is 11.4. The Labute approximate surface area is 216 Å². The van der Waals surface area contributed by atoms with Crippen molar-refractivity contribution in [2.75, 3.05) is 4.90 Å². The molecule has 5 aromatic rings. The third-order valence-electron chi connectivity index (χ3n) is 5.84. The Morgan fingerprint density at radius 2 is 0.946 bits per heavy atom. The lowest BCUT2D eigenvalue weighted by atomic mass is 10.0. The predicted octanol–water partition coefficient (Wildman–Crippen LogP) is 7.86. The summed E-state index contributed by atoms with van der Waals surface area (Å²) in [7, 11) is 0. The molecule has 4 heteroatoms. The van der Waals surface area contributed by atoms with Crippen LogP contribution in [0.15, 0.2) is 156 Å². The van der Waals surface area contributed by atoms with E-state index in [1.807, 2.05) is 97.1 Å². The van der Waals surface area contributed by atoms with Gasteiger partial charge in [0.05, 0.1) is 6.21 Å². The first-order valence-corrected chi connectivity index (χ1v) is 12.1. The summed E-state index contributed by atoms with van der Waals surface area (Å²) in [4.78, 5) is 15.4. The molecule has 0 aliphatic carbocycles. The average Bonchev–Trinajstić information content (AvgIpc) is 2.98. The van der Waals surface area contributed by atoms with Crippen LogP contribution in [0.4, 0.5) is 17.1 Å². The Bertz CT molecular complexity index is 1460. The largest absolute Gasteiger partial charge is 0.311 e. The van der Waals surface area contributed by atoms with E-state index in [-0.39, 0.29) is 5.78 Å². The van der Waals surface area contributed by atoms with Crippen LogP contribution >= 0.6 is 0 Å². The highest BCUT2D eigenvalue weighted by molar-refractivity contribution is 6.51. The fourth-order valence-corrected chi connectivity index (χ4v) is 4.02. The van der Waals surface area contributed by atoms with Gasteiger partial charge in [-0.05, 0) is 42.0 Å². The lowest BCUT2D eigenvalue weighted by Gasteiger charge is -2.25. The van der Waals surface area contributed by atoms with Crippen molar-refractivity contribution >= 4 is 34.8 Å². The maximum Gasteiger partial charge on any atom is 0.213 e. The molecule has 0 fully saturated rings. The number of Topliss-reactive ketones (excluding diaryl/α,β-unsaturated/α-hetero) is 1. The number of hydrogen-bond acceptors (Lipinski definition) is 4. The van der Waals surface area contributed by atoms with E-state index in [0.717, 1.165) is 28.2 Å². The highest BCUT2D eigenvalue weighted by Crippen LogP contribution is 2.33. The number of ketones is 1. The van der Waals surface area contributed by atoms with Crippen molar-refractivity contribution in [3.63, 3.8) is 0 Å². The van der Waals surface area contributed by atoms with Gasteiger partial charge in [0, 0.05) is 28.2 Å². The lowest BCUT2D eigenvalue weighted by Crippen LogP contribution is -2.15. The van der Waals surface area contributed by atoms with Gasteiger partial charge < -0.3 is 4.90 Å². The van der Waals surface area contributed by atoms with Crippen molar-refractivity contribution in [2.24, 2.45) is 10.2 Å². The van der Waals surface area contributed by atoms with E-state index >= 15 is 0 Å². The van der Waals surface area contributed by atoms with Gasteiger partial charge in [-0.15, -0.1) is 5.10 Å². The third-order valence-corrected chi connectivity index (χ3v) is 5.84. The molecule has 0 saturated carbocycles. The van der Waals surface area contributed by atoms with E-state index in [1.54, 1.807) is 18.3 Å². The molecule has 0 spiro atoms. The minimum absolute atomic E-state index is 0.166. The first-order valence-electron chi connectivity index (χ1n) is 12.1.